The van der Waals surface area contributed by atoms with Gasteiger partial charge in [-0.25, -0.2) is 8.78 Å². The highest BCUT2D eigenvalue weighted by Gasteiger charge is 2.15. The van der Waals surface area contributed by atoms with Crippen LogP contribution in [-0.2, 0) is 6.61 Å². The maximum Gasteiger partial charge on any atom is 0.261 e. The van der Waals surface area contributed by atoms with E-state index in [0.29, 0.717) is 23.7 Å². The first-order valence-corrected chi connectivity index (χ1v) is 8.78. The highest BCUT2D eigenvalue weighted by atomic mass is 19.1. The number of para-hydroxylation sites is 1. The number of hydrogen-bond donors (Lipinski definition) is 0. The van der Waals surface area contributed by atoms with Crippen molar-refractivity contribution in [1.29, 1.82) is 0 Å². The zero-order valence-electron chi connectivity index (χ0n) is 15.4. The average molecular weight is 394 g/mol. The Hall–Kier alpha value is -3.74. The quantitative estimate of drug-likeness (QED) is 0.446. The second kappa shape index (κ2) is 8.10. The van der Waals surface area contributed by atoms with Gasteiger partial charge in [0.05, 0.1) is 12.7 Å². The highest BCUT2D eigenvalue weighted by molar-refractivity contribution is 5.60. The standard InChI is InChI=1S/C22H16F2N2O3/c1-27-20-5-3-2-4-15(20)13-28-17-9-6-14(7-10-17)21-25-22(29-26-21)18-11-8-16(23)12-19(18)24/h2-12H,13H2,1H3. The normalized spacial score (nSPS) is 10.7. The molecule has 0 spiro atoms. The number of benzene rings is 3. The summed E-state index contributed by atoms with van der Waals surface area (Å²) in [6, 6.07) is 17.9. The Kier molecular flexibility index (Phi) is 5.20. The first kappa shape index (κ1) is 18.6. The molecule has 0 aliphatic rings. The summed E-state index contributed by atoms with van der Waals surface area (Å²) in [5.41, 5.74) is 1.65. The molecule has 0 bridgehead atoms. The van der Waals surface area contributed by atoms with Gasteiger partial charge >= 0.3 is 0 Å². The van der Waals surface area contributed by atoms with E-state index in [1.807, 2.05) is 24.3 Å². The number of aromatic nitrogens is 2. The molecule has 0 aliphatic heterocycles. The van der Waals surface area contributed by atoms with Crippen molar-refractivity contribution < 1.29 is 22.8 Å². The van der Waals surface area contributed by atoms with Crippen molar-refractivity contribution in [3.05, 3.63) is 83.9 Å². The van der Waals surface area contributed by atoms with Crippen LogP contribution in [0.4, 0.5) is 8.78 Å². The van der Waals surface area contributed by atoms with E-state index in [-0.39, 0.29) is 11.5 Å². The van der Waals surface area contributed by atoms with E-state index in [9.17, 15) is 8.78 Å². The predicted molar refractivity (Wildman–Crippen MR) is 102 cm³/mol. The number of ether oxygens (including phenoxy) is 2. The summed E-state index contributed by atoms with van der Waals surface area (Å²) >= 11 is 0. The van der Waals surface area contributed by atoms with Gasteiger partial charge < -0.3 is 14.0 Å². The van der Waals surface area contributed by atoms with E-state index in [4.69, 9.17) is 14.0 Å². The molecule has 0 radical (unpaired) electrons. The lowest BCUT2D eigenvalue weighted by Gasteiger charge is -2.10. The molecule has 1 heterocycles. The van der Waals surface area contributed by atoms with Crippen molar-refractivity contribution in [2.24, 2.45) is 0 Å². The van der Waals surface area contributed by atoms with Crippen LogP contribution in [0.2, 0.25) is 0 Å². The number of hydrogen-bond acceptors (Lipinski definition) is 5. The second-order valence-corrected chi connectivity index (χ2v) is 6.17. The molecule has 7 heteroatoms. The molecule has 0 unspecified atom stereocenters. The topological polar surface area (TPSA) is 57.4 Å². The van der Waals surface area contributed by atoms with Crippen LogP contribution >= 0.6 is 0 Å². The molecular weight excluding hydrogens is 378 g/mol. The molecule has 0 atom stereocenters. The van der Waals surface area contributed by atoms with Gasteiger partial charge in [-0.1, -0.05) is 23.4 Å². The van der Waals surface area contributed by atoms with Crippen LogP contribution in [0.1, 0.15) is 5.56 Å². The van der Waals surface area contributed by atoms with Crippen LogP contribution in [0.3, 0.4) is 0 Å². The number of halogens is 2. The summed E-state index contributed by atoms with van der Waals surface area (Å²) in [5, 5.41) is 3.87. The summed E-state index contributed by atoms with van der Waals surface area (Å²) in [6.45, 7) is 0.361. The molecule has 29 heavy (non-hydrogen) atoms. The van der Waals surface area contributed by atoms with E-state index in [1.54, 1.807) is 31.4 Å². The summed E-state index contributed by atoms with van der Waals surface area (Å²) in [4.78, 5) is 4.19. The van der Waals surface area contributed by atoms with Crippen LogP contribution in [-0.4, -0.2) is 17.3 Å². The third-order valence-corrected chi connectivity index (χ3v) is 4.29. The van der Waals surface area contributed by atoms with Crippen molar-refractivity contribution in [2.75, 3.05) is 7.11 Å². The van der Waals surface area contributed by atoms with E-state index in [1.165, 1.54) is 6.07 Å². The molecule has 4 aromatic rings. The molecule has 0 N–H and O–H groups in total. The summed E-state index contributed by atoms with van der Waals surface area (Å²) in [7, 11) is 1.62. The van der Waals surface area contributed by atoms with Gasteiger partial charge in [0.2, 0.25) is 5.82 Å². The molecule has 0 aliphatic carbocycles. The summed E-state index contributed by atoms with van der Waals surface area (Å²) in [5.74, 6) is 0.258. The molecule has 0 saturated carbocycles. The van der Waals surface area contributed by atoms with Crippen LogP contribution < -0.4 is 9.47 Å². The molecule has 146 valence electrons. The Morgan fingerprint density at radius 1 is 0.966 bits per heavy atom. The SMILES string of the molecule is COc1ccccc1COc1ccc(-c2noc(-c3ccc(F)cc3F)n2)cc1. The third kappa shape index (κ3) is 4.08. The lowest BCUT2D eigenvalue weighted by atomic mass is 10.2. The minimum atomic E-state index is -0.764. The van der Waals surface area contributed by atoms with Crippen LogP contribution in [0.15, 0.2) is 71.3 Å². The summed E-state index contributed by atoms with van der Waals surface area (Å²) < 4.78 is 43.2. The molecule has 0 amide bonds. The number of rotatable bonds is 6. The van der Waals surface area contributed by atoms with Crippen molar-refractivity contribution in [3.63, 3.8) is 0 Å². The number of methoxy groups -OCH3 is 1. The van der Waals surface area contributed by atoms with Gasteiger partial charge in [-0.2, -0.15) is 4.98 Å². The average Bonchev–Trinajstić information content (AvgIpc) is 3.22. The van der Waals surface area contributed by atoms with Gasteiger partial charge in [-0.3, -0.25) is 0 Å². The van der Waals surface area contributed by atoms with Gasteiger partial charge in [0.15, 0.2) is 0 Å². The Balaban J connectivity index is 1.48. The lowest BCUT2D eigenvalue weighted by Crippen LogP contribution is -1.98. The molecule has 5 nitrogen and oxygen atoms in total. The van der Waals surface area contributed by atoms with Crippen molar-refractivity contribution >= 4 is 0 Å². The fraction of sp³-hybridized carbons (Fsp3) is 0.0909. The fourth-order valence-corrected chi connectivity index (χ4v) is 2.80. The zero-order chi connectivity index (χ0) is 20.2. The third-order valence-electron chi connectivity index (χ3n) is 4.29. The maximum atomic E-state index is 13.9. The Morgan fingerprint density at radius 2 is 1.76 bits per heavy atom. The Morgan fingerprint density at radius 3 is 2.52 bits per heavy atom. The van der Waals surface area contributed by atoms with E-state index in [0.717, 1.165) is 23.4 Å². The van der Waals surface area contributed by atoms with E-state index in [2.05, 4.69) is 10.1 Å². The molecular formula is C22H16F2N2O3. The van der Waals surface area contributed by atoms with Crippen LogP contribution in [0.5, 0.6) is 11.5 Å². The first-order chi connectivity index (χ1) is 14.1. The smallest absolute Gasteiger partial charge is 0.261 e. The zero-order valence-corrected chi connectivity index (χ0v) is 15.4. The highest BCUT2D eigenvalue weighted by Crippen LogP contribution is 2.26. The molecule has 1 aromatic heterocycles. The molecule has 3 aromatic carbocycles. The van der Waals surface area contributed by atoms with Crippen molar-refractivity contribution in [2.45, 2.75) is 6.61 Å². The lowest BCUT2D eigenvalue weighted by molar-refractivity contribution is 0.296. The van der Waals surface area contributed by atoms with Crippen molar-refractivity contribution in [3.8, 4) is 34.3 Å². The molecule has 4 rings (SSSR count). The van der Waals surface area contributed by atoms with Crippen LogP contribution in [0.25, 0.3) is 22.8 Å². The summed E-state index contributed by atoms with van der Waals surface area (Å²) in [6.07, 6.45) is 0. The van der Waals surface area contributed by atoms with E-state index < -0.39 is 11.6 Å². The minimum Gasteiger partial charge on any atom is -0.496 e. The molecule has 0 fully saturated rings. The second-order valence-electron chi connectivity index (χ2n) is 6.17. The predicted octanol–water partition coefficient (Wildman–Crippen LogP) is 5.27. The fourth-order valence-electron chi connectivity index (χ4n) is 2.80. The molecule has 0 saturated heterocycles. The largest absolute Gasteiger partial charge is 0.496 e. The van der Waals surface area contributed by atoms with Gasteiger partial charge in [-0.15, -0.1) is 0 Å². The number of nitrogens with zero attached hydrogens (tertiary/aromatic N) is 2. The van der Waals surface area contributed by atoms with Gasteiger partial charge in [0.1, 0.15) is 29.7 Å². The van der Waals surface area contributed by atoms with Gasteiger partial charge in [0, 0.05) is 17.2 Å². The first-order valence-electron chi connectivity index (χ1n) is 8.78. The van der Waals surface area contributed by atoms with Gasteiger partial charge in [-0.05, 0) is 42.5 Å². The Bertz CT molecular complexity index is 1130. The van der Waals surface area contributed by atoms with E-state index >= 15 is 0 Å². The van der Waals surface area contributed by atoms with Crippen molar-refractivity contribution in [1.82, 2.24) is 10.1 Å². The van der Waals surface area contributed by atoms with Crippen LogP contribution in [0, 0.1) is 11.6 Å². The maximum absolute atomic E-state index is 13.9. The minimum absolute atomic E-state index is 0.0194. The Labute approximate surface area is 165 Å². The monoisotopic (exact) mass is 394 g/mol. The van der Waals surface area contributed by atoms with Gasteiger partial charge in [0.25, 0.3) is 5.89 Å².